The molecule has 0 aromatic carbocycles. The van der Waals surface area contributed by atoms with Gasteiger partial charge in [-0.25, -0.2) is 0 Å². The third-order valence-corrected chi connectivity index (χ3v) is 3.41. The number of unbranched alkanes of at least 4 members (excludes halogenated alkanes) is 1. The Morgan fingerprint density at radius 3 is 2.25 bits per heavy atom. The fourth-order valence-corrected chi connectivity index (χ4v) is 2.09. The summed E-state index contributed by atoms with van der Waals surface area (Å²) in [6.07, 6.45) is 5.62. The third kappa shape index (κ3) is 5.13. The average Bonchev–Trinajstić information content (AvgIpc) is 2.10. The molecule has 0 aromatic heterocycles. The van der Waals surface area contributed by atoms with Crippen LogP contribution < -0.4 is 0 Å². The third-order valence-electron chi connectivity index (χ3n) is 2.20. The topological polar surface area (TPSA) is 0 Å². The number of halogens is 2. The minimum Gasteiger partial charge on any atom is -0.251 e. The zero-order chi connectivity index (χ0) is 9.40. The molecule has 2 unspecified atom stereocenters. The first-order chi connectivity index (χ1) is 5.76. The van der Waals surface area contributed by atoms with Crippen LogP contribution in [0.5, 0.6) is 0 Å². The van der Waals surface area contributed by atoms with Crippen LogP contribution in [0.2, 0.25) is 0 Å². The smallest absolute Gasteiger partial charge is 0.0933 e. The van der Waals surface area contributed by atoms with Crippen LogP contribution in [-0.2, 0) is 0 Å². The number of rotatable bonds is 7. The highest BCUT2D eigenvalue weighted by atomic mass is 79.9. The second-order valence-corrected chi connectivity index (χ2v) is 4.54. The van der Waals surface area contributed by atoms with Crippen molar-refractivity contribution in [3.8, 4) is 0 Å². The molecule has 12 heavy (non-hydrogen) atoms. The van der Waals surface area contributed by atoms with Gasteiger partial charge in [0.1, 0.15) is 0 Å². The van der Waals surface area contributed by atoms with Crippen molar-refractivity contribution in [1.29, 1.82) is 0 Å². The summed E-state index contributed by atoms with van der Waals surface area (Å²) in [4.78, 5) is 0.391. The molecule has 0 aliphatic carbocycles. The Labute approximate surface area is 84.1 Å². The highest BCUT2D eigenvalue weighted by Gasteiger charge is 2.16. The van der Waals surface area contributed by atoms with E-state index in [9.17, 15) is 4.39 Å². The van der Waals surface area contributed by atoms with Crippen LogP contribution in [0.25, 0.3) is 0 Å². The Kier molecular flexibility index (Phi) is 8.30. The number of alkyl halides is 2. The number of hydrogen-bond acceptors (Lipinski definition) is 0. The fraction of sp³-hybridized carbons (Fsp3) is 1.00. The van der Waals surface area contributed by atoms with Gasteiger partial charge in [0.25, 0.3) is 0 Å². The standard InChI is InChI=1S/C10H20BrF/c1-3-5-7-10(11)9(8-12)6-4-2/h9-10H,3-8H2,1-2H3. The van der Waals surface area contributed by atoms with Gasteiger partial charge in [-0.1, -0.05) is 49.0 Å². The normalized spacial score (nSPS) is 16.0. The molecule has 2 heteroatoms. The van der Waals surface area contributed by atoms with Crippen molar-refractivity contribution in [1.82, 2.24) is 0 Å². The Hall–Kier alpha value is 0.410. The van der Waals surface area contributed by atoms with Crippen LogP contribution in [-0.4, -0.2) is 11.5 Å². The molecule has 0 heterocycles. The van der Waals surface area contributed by atoms with Crippen LogP contribution in [0.1, 0.15) is 46.0 Å². The molecule has 2 atom stereocenters. The molecule has 0 N–H and O–H groups in total. The maximum absolute atomic E-state index is 12.5. The first kappa shape index (κ1) is 12.4. The van der Waals surface area contributed by atoms with Gasteiger partial charge in [-0.05, 0) is 18.8 Å². The highest BCUT2D eigenvalue weighted by Crippen LogP contribution is 2.23. The summed E-state index contributed by atoms with van der Waals surface area (Å²) in [5.74, 6) is 0.238. The zero-order valence-electron chi connectivity index (χ0n) is 8.15. The summed E-state index contributed by atoms with van der Waals surface area (Å²) in [5.41, 5.74) is 0. The summed E-state index contributed by atoms with van der Waals surface area (Å²) >= 11 is 3.57. The van der Waals surface area contributed by atoms with E-state index in [4.69, 9.17) is 0 Å². The van der Waals surface area contributed by atoms with Crippen molar-refractivity contribution in [3.63, 3.8) is 0 Å². The first-order valence-corrected chi connectivity index (χ1v) is 5.87. The minimum absolute atomic E-state index is 0.173. The lowest BCUT2D eigenvalue weighted by molar-refractivity contribution is 0.327. The van der Waals surface area contributed by atoms with Crippen molar-refractivity contribution >= 4 is 15.9 Å². The van der Waals surface area contributed by atoms with Gasteiger partial charge in [-0.2, -0.15) is 0 Å². The molecule has 74 valence electrons. The maximum atomic E-state index is 12.5. The van der Waals surface area contributed by atoms with E-state index in [2.05, 4.69) is 29.8 Å². The second-order valence-electron chi connectivity index (χ2n) is 3.36. The molecule has 0 fully saturated rings. The van der Waals surface area contributed by atoms with E-state index in [1.807, 2.05) is 0 Å². The molecule has 0 spiro atoms. The highest BCUT2D eigenvalue weighted by molar-refractivity contribution is 9.09. The Morgan fingerprint density at radius 2 is 1.83 bits per heavy atom. The second kappa shape index (κ2) is 8.03. The van der Waals surface area contributed by atoms with Gasteiger partial charge in [0, 0.05) is 4.83 Å². The average molecular weight is 239 g/mol. The van der Waals surface area contributed by atoms with Gasteiger partial charge in [0.05, 0.1) is 6.67 Å². The van der Waals surface area contributed by atoms with Gasteiger partial charge in [-0.3, -0.25) is 4.39 Å². The van der Waals surface area contributed by atoms with Crippen LogP contribution in [0, 0.1) is 5.92 Å². The van der Waals surface area contributed by atoms with E-state index in [1.54, 1.807) is 0 Å². The lowest BCUT2D eigenvalue weighted by atomic mass is 9.98. The summed E-state index contributed by atoms with van der Waals surface area (Å²) < 4.78 is 12.5. The number of hydrogen-bond donors (Lipinski definition) is 0. The van der Waals surface area contributed by atoms with Crippen LogP contribution >= 0.6 is 15.9 Å². The molecule has 0 radical (unpaired) electrons. The Balaban J connectivity index is 3.60. The SMILES string of the molecule is CCCCC(Br)C(CF)CCC. The largest absolute Gasteiger partial charge is 0.251 e. The van der Waals surface area contributed by atoms with E-state index in [0.29, 0.717) is 4.83 Å². The van der Waals surface area contributed by atoms with Gasteiger partial charge in [-0.15, -0.1) is 0 Å². The summed E-state index contributed by atoms with van der Waals surface area (Å²) in [5, 5.41) is 0. The monoisotopic (exact) mass is 238 g/mol. The predicted molar refractivity (Wildman–Crippen MR) is 56.6 cm³/mol. The van der Waals surface area contributed by atoms with Crippen LogP contribution in [0.4, 0.5) is 4.39 Å². The van der Waals surface area contributed by atoms with E-state index in [-0.39, 0.29) is 12.6 Å². The molecule has 0 bridgehead atoms. The van der Waals surface area contributed by atoms with Crippen molar-refractivity contribution in [2.75, 3.05) is 6.67 Å². The molecular formula is C10H20BrF. The van der Waals surface area contributed by atoms with Gasteiger partial charge < -0.3 is 0 Å². The molecule has 0 saturated carbocycles. The Morgan fingerprint density at radius 1 is 1.17 bits per heavy atom. The molecule has 0 rings (SSSR count). The van der Waals surface area contributed by atoms with E-state index < -0.39 is 0 Å². The van der Waals surface area contributed by atoms with Gasteiger partial charge in [0.15, 0.2) is 0 Å². The molecule has 0 aromatic rings. The molecular weight excluding hydrogens is 219 g/mol. The van der Waals surface area contributed by atoms with E-state index in [1.165, 1.54) is 12.8 Å². The first-order valence-electron chi connectivity index (χ1n) is 4.96. The van der Waals surface area contributed by atoms with Crippen molar-refractivity contribution < 1.29 is 4.39 Å². The molecule has 0 amide bonds. The van der Waals surface area contributed by atoms with E-state index >= 15 is 0 Å². The van der Waals surface area contributed by atoms with Gasteiger partial charge in [0.2, 0.25) is 0 Å². The quantitative estimate of drug-likeness (QED) is 0.580. The lowest BCUT2D eigenvalue weighted by Gasteiger charge is -2.18. The Bertz CT molecular complexity index is 95.8. The zero-order valence-corrected chi connectivity index (χ0v) is 9.74. The summed E-state index contributed by atoms with van der Waals surface area (Å²) in [7, 11) is 0. The molecule has 0 saturated heterocycles. The van der Waals surface area contributed by atoms with Crippen LogP contribution in [0.3, 0.4) is 0 Å². The van der Waals surface area contributed by atoms with Crippen molar-refractivity contribution in [2.24, 2.45) is 5.92 Å². The van der Waals surface area contributed by atoms with Crippen molar-refractivity contribution in [3.05, 3.63) is 0 Å². The summed E-state index contributed by atoms with van der Waals surface area (Å²) in [6, 6.07) is 0. The summed E-state index contributed by atoms with van der Waals surface area (Å²) in [6.45, 7) is 4.11. The van der Waals surface area contributed by atoms with Gasteiger partial charge >= 0.3 is 0 Å². The lowest BCUT2D eigenvalue weighted by Crippen LogP contribution is -2.16. The molecule has 0 aliphatic rings. The molecule has 0 nitrogen and oxygen atoms in total. The maximum Gasteiger partial charge on any atom is 0.0933 e. The predicted octanol–water partition coefficient (Wildman–Crippen LogP) is 4.33. The molecule has 0 aliphatic heterocycles. The van der Waals surface area contributed by atoms with Crippen LogP contribution in [0.15, 0.2) is 0 Å². The fourth-order valence-electron chi connectivity index (χ4n) is 1.36. The van der Waals surface area contributed by atoms with E-state index in [0.717, 1.165) is 19.3 Å². The van der Waals surface area contributed by atoms with Crippen molar-refractivity contribution in [2.45, 2.75) is 50.8 Å². The minimum atomic E-state index is -0.173.